The van der Waals surface area contributed by atoms with Crippen LogP contribution >= 0.6 is 0 Å². The Morgan fingerprint density at radius 2 is 1.87 bits per heavy atom. The highest BCUT2D eigenvalue weighted by Gasteiger charge is 2.32. The number of carbonyl (C=O) groups excluding carboxylic acids is 2. The molecule has 3 rings (SSSR count). The van der Waals surface area contributed by atoms with Crippen molar-refractivity contribution in [1.29, 1.82) is 0 Å². The summed E-state index contributed by atoms with van der Waals surface area (Å²) in [5.41, 5.74) is 3.00. The summed E-state index contributed by atoms with van der Waals surface area (Å²) >= 11 is 0. The second-order valence-corrected chi connectivity index (χ2v) is 7.62. The van der Waals surface area contributed by atoms with Crippen molar-refractivity contribution in [3.8, 4) is 11.5 Å². The summed E-state index contributed by atoms with van der Waals surface area (Å²) in [5, 5.41) is 3.00. The van der Waals surface area contributed by atoms with Gasteiger partial charge in [0, 0.05) is 37.5 Å². The number of ether oxygens (including phenoxy) is 2. The van der Waals surface area contributed by atoms with Crippen LogP contribution in [0, 0.1) is 6.92 Å². The van der Waals surface area contributed by atoms with Gasteiger partial charge in [0.1, 0.15) is 11.5 Å². The van der Waals surface area contributed by atoms with Gasteiger partial charge in [0.25, 0.3) is 5.91 Å². The van der Waals surface area contributed by atoms with E-state index in [1.807, 2.05) is 36.1 Å². The predicted octanol–water partition coefficient (Wildman–Crippen LogP) is 4.08. The molecule has 0 unspecified atom stereocenters. The third-order valence-corrected chi connectivity index (χ3v) is 5.44. The number of likely N-dealkylation sites (tertiary alicyclic amines) is 1. The first-order chi connectivity index (χ1) is 14.3. The van der Waals surface area contributed by atoms with Gasteiger partial charge in [0.2, 0.25) is 0 Å². The topological polar surface area (TPSA) is 71.1 Å². The molecule has 7 heteroatoms. The van der Waals surface area contributed by atoms with Gasteiger partial charge in [-0.2, -0.15) is 0 Å². The van der Waals surface area contributed by atoms with Gasteiger partial charge in [-0.05, 0) is 55.7 Å². The molecule has 3 amide bonds. The Hall–Kier alpha value is -3.22. The Labute approximate surface area is 177 Å². The number of aryl methyl sites for hydroxylation is 1. The zero-order valence-corrected chi connectivity index (χ0v) is 18.2. The number of nitrogens with one attached hydrogen (secondary N) is 1. The maximum absolute atomic E-state index is 13.2. The zero-order chi connectivity index (χ0) is 21.8. The molecule has 1 aliphatic rings. The average molecular weight is 412 g/mol. The molecule has 0 saturated carbocycles. The van der Waals surface area contributed by atoms with E-state index in [4.69, 9.17) is 9.47 Å². The van der Waals surface area contributed by atoms with E-state index in [2.05, 4.69) is 5.32 Å². The third-order valence-electron chi connectivity index (χ3n) is 5.44. The Kier molecular flexibility index (Phi) is 6.50. The minimum atomic E-state index is -0.195. The highest BCUT2D eigenvalue weighted by molar-refractivity contribution is 5.97. The number of hydrogen-bond donors (Lipinski definition) is 1. The van der Waals surface area contributed by atoms with Gasteiger partial charge in [0.15, 0.2) is 0 Å². The lowest BCUT2D eigenvalue weighted by Gasteiger charge is -2.27. The Morgan fingerprint density at radius 3 is 2.53 bits per heavy atom. The van der Waals surface area contributed by atoms with Gasteiger partial charge in [0.05, 0.1) is 20.3 Å². The molecule has 0 aliphatic carbocycles. The van der Waals surface area contributed by atoms with Crippen molar-refractivity contribution in [2.24, 2.45) is 0 Å². The molecule has 160 valence electrons. The van der Waals surface area contributed by atoms with Gasteiger partial charge in [-0.1, -0.05) is 6.07 Å². The molecule has 0 aromatic heterocycles. The summed E-state index contributed by atoms with van der Waals surface area (Å²) in [6.07, 6.45) is 1.74. The molecule has 1 N–H and O–H groups in total. The van der Waals surface area contributed by atoms with Crippen molar-refractivity contribution < 1.29 is 19.1 Å². The van der Waals surface area contributed by atoms with Crippen LogP contribution in [0.5, 0.6) is 11.5 Å². The summed E-state index contributed by atoms with van der Waals surface area (Å²) in [4.78, 5) is 28.8. The lowest BCUT2D eigenvalue weighted by molar-refractivity contribution is 0.0827. The number of amides is 3. The van der Waals surface area contributed by atoms with Crippen LogP contribution in [0.3, 0.4) is 0 Å². The Balaban J connectivity index is 1.85. The van der Waals surface area contributed by atoms with E-state index >= 15 is 0 Å². The van der Waals surface area contributed by atoms with Gasteiger partial charge < -0.3 is 24.6 Å². The fourth-order valence-corrected chi connectivity index (χ4v) is 3.77. The van der Waals surface area contributed by atoms with E-state index in [0.29, 0.717) is 17.8 Å². The molecular formula is C23H29N3O4. The highest BCUT2D eigenvalue weighted by atomic mass is 16.5. The number of rotatable bonds is 5. The number of carbonyl (C=O) groups is 2. The van der Waals surface area contributed by atoms with Crippen LogP contribution in [-0.4, -0.2) is 56.6 Å². The summed E-state index contributed by atoms with van der Waals surface area (Å²) < 4.78 is 10.9. The largest absolute Gasteiger partial charge is 0.497 e. The second kappa shape index (κ2) is 9.07. The molecular weight excluding hydrogens is 382 g/mol. The molecule has 1 fully saturated rings. The maximum atomic E-state index is 13.2. The van der Waals surface area contributed by atoms with Crippen LogP contribution in [0.15, 0.2) is 36.4 Å². The number of anilines is 1. The minimum Gasteiger partial charge on any atom is -0.497 e. The van der Waals surface area contributed by atoms with Gasteiger partial charge in [-0.15, -0.1) is 0 Å². The molecule has 1 heterocycles. The van der Waals surface area contributed by atoms with E-state index in [9.17, 15) is 9.59 Å². The van der Waals surface area contributed by atoms with Crippen molar-refractivity contribution in [2.45, 2.75) is 25.8 Å². The number of benzene rings is 2. The second-order valence-electron chi connectivity index (χ2n) is 7.62. The van der Waals surface area contributed by atoms with E-state index in [-0.39, 0.29) is 18.0 Å². The molecule has 1 saturated heterocycles. The summed E-state index contributed by atoms with van der Waals surface area (Å²) in [5.74, 6) is 1.35. The smallest absolute Gasteiger partial charge is 0.322 e. The Morgan fingerprint density at radius 1 is 1.10 bits per heavy atom. The van der Waals surface area contributed by atoms with Crippen molar-refractivity contribution >= 4 is 17.6 Å². The lowest BCUT2D eigenvalue weighted by Crippen LogP contribution is -2.35. The third kappa shape index (κ3) is 4.35. The van der Waals surface area contributed by atoms with Gasteiger partial charge >= 0.3 is 6.03 Å². The van der Waals surface area contributed by atoms with Crippen LogP contribution in [0.4, 0.5) is 10.5 Å². The summed E-state index contributed by atoms with van der Waals surface area (Å²) in [6.45, 7) is 2.55. The average Bonchev–Trinajstić information content (AvgIpc) is 3.24. The zero-order valence-electron chi connectivity index (χ0n) is 18.2. The predicted molar refractivity (Wildman–Crippen MR) is 116 cm³/mol. The van der Waals surface area contributed by atoms with E-state index in [1.54, 1.807) is 40.4 Å². The van der Waals surface area contributed by atoms with Crippen LogP contribution in [-0.2, 0) is 0 Å². The standard InChI is InChI=1S/C23H29N3O4/c1-15-8-9-16(22(27)25(2)3)13-19(15)24-23(28)26-12-6-7-20(26)18-14-17(29-4)10-11-21(18)30-5/h8-11,13-14,20H,6-7,12H2,1-5H3,(H,24,28)/t20-/m0/s1. The molecule has 1 atom stereocenters. The van der Waals surface area contributed by atoms with E-state index < -0.39 is 0 Å². The fourth-order valence-electron chi connectivity index (χ4n) is 3.77. The quantitative estimate of drug-likeness (QED) is 0.805. The number of methoxy groups -OCH3 is 2. The first-order valence-corrected chi connectivity index (χ1v) is 9.97. The fraction of sp³-hybridized carbons (Fsp3) is 0.391. The van der Waals surface area contributed by atoms with Crippen molar-refractivity contribution in [1.82, 2.24) is 9.80 Å². The van der Waals surface area contributed by atoms with E-state index in [1.165, 1.54) is 4.90 Å². The summed E-state index contributed by atoms with van der Waals surface area (Å²) in [7, 11) is 6.66. The molecule has 0 spiro atoms. The maximum Gasteiger partial charge on any atom is 0.322 e. The molecule has 0 bridgehead atoms. The first kappa shape index (κ1) is 21.5. The molecule has 30 heavy (non-hydrogen) atoms. The molecule has 2 aromatic carbocycles. The minimum absolute atomic E-state index is 0.106. The van der Waals surface area contributed by atoms with Crippen LogP contribution in [0.25, 0.3) is 0 Å². The first-order valence-electron chi connectivity index (χ1n) is 9.97. The molecule has 2 aromatic rings. The molecule has 0 radical (unpaired) electrons. The van der Waals surface area contributed by atoms with Crippen LogP contribution in [0.2, 0.25) is 0 Å². The number of hydrogen-bond acceptors (Lipinski definition) is 4. The van der Waals surface area contributed by atoms with Gasteiger partial charge in [-0.3, -0.25) is 4.79 Å². The molecule has 1 aliphatic heterocycles. The van der Waals surface area contributed by atoms with E-state index in [0.717, 1.165) is 35.5 Å². The van der Waals surface area contributed by atoms with Gasteiger partial charge in [-0.25, -0.2) is 4.79 Å². The summed E-state index contributed by atoms with van der Waals surface area (Å²) in [6, 6.07) is 10.7. The Bertz CT molecular complexity index is 942. The highest BCUT2D eigenvalue weighted by Crippen LogP contribution is 2.39. The monoisotopic (exact) mass is 411 g/mol. The SMILES string of the molecule is COc1ccc(OC)c([C@@H]2CCCN2C(=O)Nc2cc(C(=O)N(C)C)ccc2C)c1. The molecule has 7 nitrogen and oxygen atoms in total. The lowest BCUT2D eigenvalue weighted by atomic mass is 10.0. The van der Waals surface area contributed by atoms with Crippen molar-refractivity contribution in [3.05, 3.63) is 53.1 Å². The van der Waals surface area contributed by atoms with Crippen molar-refractivity contribution in [3.63, 3.8) is 0 Å². The van der Waals surface area contributed by atoms with Crippen LogP contribution in [0.1, 0.15) is 40.4 Å². The normalized spacial score (nSPS) is 15.6. The number of nitrogens with zero attached hydrogens (tertiary/aromatic N) is 2. The van der Waals surface area contributed by atoms with Crippen molar-refractivity contribution in [2.75, 3.05) is 40.2 Å². The van der Waals surface area contributed by atoms with Crippen LogP contribution < -0.4 is 14.8 Å². The number of urea groups is 1.